The van der Waals surface area contributed by atoms with Gasteiger partial charge in [-0.3, -0.25) is 4.79 Å². The Labute approximate surface area is 170 Å². The number of rotatable bonds is 11. The molecule has 3 heteroatoms. The van der Waals surface area contributed by atoms with E-state index in [4.69, 9.17) is 4.98 Å². The SMILES string of the molecule is C=CCc1nc(C(=O)N(CC)CC)c(CCCCCC)cc1-c1ccccc1. The zero-order chi connectivity index (χ0) is 20.4. The third-order valence-electron chi connectivity index (χ3n) is 5.16. The summed E-state index contributed by atoms with van der Waals surface area (Å²) in [4.78, 5) is 19.9. The molecule has 2 aromatic rings. The van der Waals surface area contributed by atoms with Gasteiger partial charge in [0.1, 0.15) is 5.69 Å². The van der Waals surface area contributed by atoms with Crippen LogP contribution in [0.1, 0.15) is 68.2 Å². The highest BCUT2D eigenvalue weighted by Gasteiger charge is 2.21. The predicted octanol–water partition coefficient (Wildman–Crippen LogP) is 6.08. The Morgan fingerprint density at radius 2 is 1.79 bits per heavy atom. The molecule has 0 spiro atoms. The maximum absolute atomic E-state index is 13.2. The van der Waals surface area contributed by atoms with Gasteiger partial charge in [0, 0.05) is 25.1 Å². The normalized spacial score (nSPS) is 10.7. The van der Waals surface area contributed by atoms with Crippen LogP contribution in [0.4, 0.5) is 0 Å². The first-order valence-electron chi connectivity index (χ1n) is 10.6. The van der Waals surface area contributed by atoms with Crippen molar-refractivity contribution in [1.82, 2.24) is 9.88 Å². The van der Waals surface area contributed by atoms with E-state index in [1.807, 2.05) is 43.0 Å². The van der Waals surface area contributed by atoms with Crippen molar-refractivity contribution in [3.8, 4) is 11.1 Å². The Morgan fingerprint density at radius 3 is 2.39 bits per heavy atom. The first-order valence-corrected chi connectivity index (χ1v) is 10.6. The number of aryl methyl sites for hydroxylation is 1. The van der Waals surface area contributed by atoms with Gasteiger partial charge in [-0.2, -0.15) is 0 Å². The van der Waals surface area contributed by atoms with Crippen LogP contribution in [0.15, 0.2) is 49.1 Å². The fraction of sp³-hybridized carbons (Fsp3) is 0.440. The number of hydrogen-bond acceptors (Lipinski definition) is 2. The van der Waals surface area contributed by atoms with Crippen LogP contribution in [0.5, 0.6) is 0 Å². The van der Waals surface area contributed by atoms with Crippen LogP contribution in [0.3, 0.4) is 0 Å². The van der Waals surface area contributed by atoms with Crippen LogP contribution in [0.2, 0.25) is 0 Å². The highest BCUT2D eigenvalue weighted by Crippen LogP contribution is 2.27. The van der Waals surface area contributed by atoms with E-state index < -0.39 is 0 Å². The monoisotopic (exact) mass is 378 g/mol. The average molecular weight is 379 g/mol. The molecule has 0 saturated heterocycles. The van der Waals surface area contributed by atoms with Crippen LogP contribution in [-0.2, 0) is 12.8 Å². The third-order valence-corrected chi connectivity index (χ3v) is 5.16. The van der Waals surface area contributed by atoms with Crippen LogP contribution in [0, 0.1) is 0 Å². The third kappa shape index (κ3) is 5.54. The van der Waals surface area contributed by atoms with E-state index >= 15 is 0 Å². The largest absolute Gasteiger partial charge is 0.338 e. The minimum Gasteiger partial charge on any atom is -0.338 e. The minimum atomic E-state index is 0.0421. The zero-order valence-corrected chi connectivity index (χ0v) is 17.7. The number of aromatic nitrogens is 1. The summed E-state index contributed by atoms with van der Waals surface area (Å²) in [5.41, 5.74) is 4.87. The predicted molar refractivity (Wildman–Crippen MR) is 119 cm³/mol. The minimum absolute atomic E-state index is 0.0421. The summed E-state index contributed by atoms with van der Waals surface area (Å²) in [7, 11) is 0. The molecule has 0 unspecified atom stereocenters. The van der Waals surface area contributed by atoms with Crippen LogP contribution in [-0.4, -0.2) is 28.9 Å². The number of carbonyl (C=O) groups excluding carboxylic acids is 1. The lowest BCUT2D eigenvalue weighted by molar-refractivity contribution is 0.0765. The van der Waals surface area contributed by atoms with E-state index in [2.05, 4.69) is 31.7 Å². The van der Waals surface area contributed by atoms with Crippen molar-refractivity contribution >= 4 is 5.91 Å². The first-order chi connectivity index (χ1) is 13.7. The summed E-state index contributed by atoms with van der Waals surface area (Å²) in [5, 5.41) is 0. The molecule has 0 aliphatic carbocycles. The number of amides is 1. The molecule has 0 bridgehead atoms. The molecule has 0 atom stereocenters. The summed E-state index contributed by atoms with van der Waals surface area (Å²) in [6.45, 7) is 11.5. The molecule has 1 aromatic carbocycles. The van der Waals surface area contributed by atoms with Gasteiger partial charge < -0.3 is 4.90 Å². The smallest absolute Gasteiger partial charge is 0.272 e. The quantitative estimate of drug-likeness (QED) is 0.350. The number of carbonyl (C=O) groups is 1. The molecule has 2 rings (SSSR count). The Morgan fingerprint density at radius 1 is 1.07 bits per heavy atom. The number of nitrogens with zero attached hydrogens (tertiary/aromatic N) is 2. The van der Waals surface area contributed by atoms with E-state index in [1.165, 1.54) is 19.3 Å². The Balaban J connectivity index is 2.52. The van der Waals surface area contributed by atoms with Gasteiger partial charge in [0.2, 0.25) is 0 Å². The van der Waals surface area contributed by atoms with Gasteiger partial charge in [-0.25, -0.2) is 4.98 Å². The summed E-state index contributed by atoms with van der Waals surface area (Å²) in [5.74, 6) is 0.0421. The summed E-state index contributed by atoms with van der Waals surface area (Å²) < 4.78 is 0. The molecule has 0 saturated carbocycles. The molecule has 1 amide bonds. The molecular formula is C25H34N2O. The lowest BCUT2D eigenvalue weighted by atomic mass is 9.95. The average Bonchev–Trinajstić information content (AvgIpc) is 2.73. The van der Waals surface area contributed by atoms with Crippen LogP contribution >= 0.6 is 0 Å². The van der Waals surface area contributed by atoms with E-state index in [9.17, 15) is 4.79 Å². The lowest BCUT2D eigenvalue weighted by Crippen LogP contribution is -2.32. The highest BCUT2D eigenvalue weighted by atomic mass is 16.2. The fourth-order valence-corrected chi connectivity index (χ4v) is 3.53. The maximum atomic E-state index is 13.2. The second-order valence-electron chi connectivity index (χ2n) is 7.14. The molecule has 0 fully saturated rings. The van der Waals surface area contributed by atoms with Crippen molar-refractivity contribution in [3.05, 3.63) is 66.0 Å². The molecule has 3 nitrogen and oxygen atoms in total. The molecule has 28 heavy (non-hydrogen) atoms. The molecule has 0 radical (unpaired) electrons. The van der Waals surface area contributed by atoms with Gasteiger partial charge in [-0.1, -0.05) is 62.6 Å². The van der Waals surface area contributed by atoms with Crippen molar-refractivity contribution in [3.63, 3.8) is 0 Å². The van der Waals surface area contributed by atoms with Gasteiger partial charge in [0.15, 0.2) is 0 Å². The highest BCUT2D eigenvalue weighted by molar-refractivity contribution is 5.94. The standard InChI is InChI=1S/C25H34N2O/c1-5-9-10-12-18-21-19-22(20-16-13-11-14-17-20)23(15-6-2)26-24(21)25(28)27(7-3)8-4/h6,11,13-14,16-17,19H,2,5,7-10,12,15,18H2,1,3-4H3. The topological polar surface area (TPSA) is 33.2 Å². The molecule has 0 aliphatic heterocycles. The van der Waals surface area contributed by atoms with Crippen molar-refractivity contribution in [2.75, 3.05) is 13.1 Å². The van der Waals surface area contributed by atoms with Crippen molar-refractivity contribution in [1.29, 1.82) is 0 Å². The van der Waals surface area contributed by atoms with Gasteiger partial charge >= 0.3 is 0 Å². The van der Waals surface area contributed by atoms with E-state index in [0.29, 0.717) is 25.2 Å². The first kappa shape index (κ1) is 21.9. The summed E-state index contributed by atoms with van der Waals surface area (Å²) >= 11 is 0. The number of benzene rings is 1. The van der Waals surface area contributed by atoms with Gasteiger partial charge in [0.25, 0.3) is 5.91 Å². The summed E-state index contributed by atoms with van der Waals surface area (Å²) in [6, 6.07) is 12.5. The maximum Gasteiger partial charge on any atom is 0.272 e. The van der Waals surface area contributed by atoms with Crippen molar-refractivity contribution in [2.24, 2.45) is 0 Å². The Kier molecular flexibility index (Phi) is 8.93. The molecule has 1 heterocycles. The zero-order valence-electron chi connectivity index (χ0n) is 17.7. The fourth-order valence-electron chi connectivity index (χ4n) is 3.53. The molecule has 0 N–H and O–H groups in total. The summed E-state index contributed by atoms with van der Waals surface area (Å²) in [6.07, 6.45) is 8.11. The molecular weight excluding hydrogens is 344 g/mol. The van der Waals surface area contributed by atoms with Crippen LogP contribution in [0.25, 0.3) is 11.1 Å². The van der Waals surface area contributed by atoms with E-state index in [0.717, 1.165) is 35.2 Å². The van der Waals surface area contributed by atoms with E-state index in [-0.39, 0.29) is 5.91 Å². The number of unbranched alkanes of at least 4 members (excludes halogenated alkanes) is 3. The molecule has 0 aliphatic rings. The Bertz CT molecular complexity index is 764. The van der Waals surface area contributed by atoms with E-state index in [1.54, 1.807) is 0 Å². The molecule has 150 valence electrons. The number of hydrogen-bond donors (Lipinski definition) is 0. The van der Waals surface area contributed by atoms with Crippen LogP contribution < -0.4 is 0 Å². The number of pyridine rings is 1. The van der Waals surface area contributed by atoms with Crippen molar-refractivity contribution in [2.45, 2.75) is 59.3 Å². The second kappa shape index (κ2) is 11.4. The van der Waals surface area contributed by atoms with Crippen molar-refractivity contribution < 1.29 is 4.79 Å². The van der Waals surface area contributed by atoms with Gasteiger partial charge in [-0.05, 0) is 43.9 Å². The second-order valence-corrected chi connectivity index (χ2v) is 7.14. The number of allylic oxidation sites excluding steroid dienone is 1. The molecule has 1 aromatic heterocycles. The lowest BCUT2D eigenvalue weighted by Gasteiger charge is -2.21. The van der Waals surface area contributed by atoms with Gasteiger partial charge in [0.05, 0.1) is 5.69 Å². The van der Waals surface area contributed by atoms with Gasteiger partial charge in [-0.15, -0.1) is 6.58 Å². The Hall–Kier alpha value is -2.42.